The largest absolute Gasteiger partial charge is 0.252 e. The van der Waals surface area contributed by atoms with Crippen LogP contribution in [0.4, 0.5) is 0 Å². The molecule has 2 heterocycles. The Balaban J connectivity index is 2.30. The molecule has 0 atom stereocenters. The van der Waals surface area contributed by atoms with E-state index >= 15 is 0 Å². The molecule has 0 N–H and O–H groups in total. The van der Waals surface area contributed by atoms with Crippen LogP contribution in [0.3, 0.4) is 0 Å². The molecule has 0 spiro atoms. The van der Waals surface area contributed by atoms with Crippen molar-refractivity contribution < 1.29 is 0 Å². The van der Waals surface area contributed by atoms with Crippen LogP contribution in [0.1, 0.15) is 5.69 Å². The molecule has 0 aliphatic carbocycles. The lowest BCUT2D eigenvalue weighted by Crippen LogP contribution is -1.84. The zero-order valence-electron chi connectivity index (χ0n) is 7.64. The molecule has 15 heavy (non-hydrogen) atoms. The quantitative estimate of drug-likeness (QED) is 0.804. The number of pyridine rings is 1. The van der Waals surface area contributed by atoms with Gasteiger partial charge >= 0.3 is 0 Å². The number of rotatable bonds is 2. The highest BCUT2D eigenvalue weighted by Crippen LogP contribution is 2.22. The van der Waals surface area contributed by atoms with Gasteiger partial charge in [-0.1, -0.05) is 11.6 Å². The van der Waals surface area contributed by atoms with Crippen LogP contribution >= 0.6 is 22.9 Å². The number of nitrogens with zero attached hydrogens (tertiary/aromatic N) is 3. The van der Waals surface area contributed by atoms with Gasteiger partial charge in [0.25, 0.3) is 0 Å². The first-order valence-electron chi connectivity index (χ1n) is 4.23. The second-order valence-corrected chi connectivity index (χ2v) is 4.14. The molecule has 3 nitrogen and oxygen atoms in total. The molecule has 0 aliphatic heterocycles. The molecule has 0 aromatic carbocycles. The molecule has 0 fully saturated rings. The van der Waals surface area contributed by atoms with Crippen LogP contribution in [0.25, 0.3) is 10.7 Å². The normalized spacial score (nSPS) is 9.87. The Morgan fingerprint density at radius 1 is 1.47 bits per heavy atom. The van der Waals surface area contributed by atoms with Gasteiger partial charge in [0.05, 0.1) is 28.9 Å². The maximum atomic E-state index is 8.52. The predicted molar refractivity (Wildman–Crippen MR) is 59.7 cm³/mol. The monoisotopic (exact) mass is 235 g/mol. The lowest BCUT2D eigenvalue weighted by Gasteiger charge is -1.94. The first kappa shape index (κ1) is 10.1. The first-order chi connectivity index (χ1) is 7.29. The highest BCUT2D eigenvalue weighted by Gasteiger charge is 2.05. The molecule has 2 rings (SSSR count). The highest BCUT2D eigenvalue weighted by atomic mass is 35.5. The van der Waals surface area contributed by atoms with E-state index in [-0.39, 0.29) is 0 Å². The lowest BCUT2D eigenvalue weighted by atomic mass is 10.3. The molecule has 0 bridgehead atoms. The van der Waals surface area contributed by atoms with Gasteiger partial charge < -0.3 is 0 Å². The van der Waals surface area contributed by atoms with Gasteiger partial charge in [-0.25, -0.2) is 4.98 Å². The maximum absolute atomic E-state index is 8.52. The van der Waals surface area contributed by atoms with Gasteiger partial charge in [0.1, 0.15) is 5.01 Å². The SMILES string of the molecule is N#CCc1csc(-c2ccc(Cl)cn2)n1. The molecule has 0 radical (unpaired) electrons. The Kier molecular flexibility index (Phi) is 2.95. The van der Waals surface area contributed by atoms with Gasteiger partial charge in [0, 0.05) is 11.6 Å². The molecule has 0 aliphatic rings. The van der Waals surface area contributed by atoms with E-state index in [1.807, 2.05) is 11.4 Å². The fraction of sp³-hybridized carbons (Fsp3) is 0.100. The van der Waals surface area contributed by atoms with E-state index in [0.29, 0.717) is 11.4 Å². The number of aromatic nitrogens is 2. The fourth-order valence-corrected chi connectivity index (χ4v) is 2.00. The van der Waals surface area contributed by atoms with Gasteiger partial charge in [0.15, 0.2) is 0 Å². The summed E-state index contributed by atoms with van der Waals surface area (Å²) in [6.07, 6.45) is 1.92. The van der Waals surface area contributed by atoms with Crippen molar-refractivity contribution in [1.29, 1.82) is 5.26 Å². The zero-order valence-corrected chi connectivity index (χ0v) is 9.22. The minimum Gasteiger partial charge on any atom is -0.252 e. The second-order valence-electron chi connectivity index (χ2n) is 2.84. The second kappa shape index (κ2) is 4.39. The Morgan fingerprint density at radius 3 is 3.00 bits per heavy atom. The number of nitriles is 1. The van der Waals surface area contributed by atoms with Crippen LogP contribution in [0.5, 0.6) is 0 Å². The van der Waals surface area contributed by atoms with Crippen LogP contribution in [-0.2, 0) is 6.42 Å². The third-order valence-corrected chi connectivity index (χ3v) is 2.90. The van der Waals surface area contributed by atoms with Crippen molar-refractivity contribution in [3.63, 3.8) is 0 Å². The van der Waals surface area contributed by atoms with E-state index in [0.717, 1.165) is 16.4 Å². The summed E-state index contributed by atoms with van der Waals surface area (Å²) in [6, 6.07) is 5.65. The van der Waals surface area contributed by atoms with Crippen LogP contribution in [0.2, 0.25) is 5.02 Å². The average Bonchev–Trinajstić information content (AvgIpc) is 2.68. The van der Waals surface area contributed by atoms with Crippen molar-refractivity contribution in [2.24, 2.45) is 0 Å². The van der Waals surface area contributed by atoms with Crippen molar-refractivity contribution >= 4 is 22.9 Å². The minimum atomic E-state index is 0.337. The van der Waals surface area contributed by atoms with Gasteiger partial charge in [-0.3, -0.25) is 4.98 Å². The topological polar surface area (TPSA) is 49.6 Å². The predicted octanol–water partition coefficient (Wildman–Crippen LogP) is 2.92. The van der Waals surface area contributed by atoms with Gasteiger partial charge in [-0.05, 0) is 12.1 Å². The Bertz CT molecular complexity index is 498. The summed E-state index contributed by atoms with van der Waals surface area (Å²) in [7, 11) is 0. The van der Waals surface area contributed by atoms with Crippen molar-refractivity contribution in [3.8, 4) is 16.8 Å². The number of thiazole rings is 1. The number of hydrogen-bond acceptors (Lipinski definition) is 4. The van der Waals surface area contributed by atoms with Crippen molar-refractivity contribution in [2.75, 3.05) is 0 Å². The molecule has 74 valence electrons. The molecule has 0 saturated carbocycles. The van der Waals surface area contributed by atoms with Crippen LogP contribution in [0.15, 0.2) is 23.7 Å². The standard InChI is InChI=1S/C10H6ClN3S/c11-7-1-2-9(13-5-7)10-14-8(3-4-12)6-15-10/h1-2,5-6H,3H2. The summed E-state index contributed by atoms with van der Waals surface area (Å²) in [5.74, 6) is 0. The van der Waals surface area contributed by atoms with Crippen LogP contribution in [0, 0.1) is 11.3 Å². The summed E-state index contributed by atoms with van der Waals surface area (Å²) in [6.45, 7) is 0. The summed E-state index contributed by atoms with van der Waals surface area (Å²) >= 11 is 7.21. The molecule has 0 saturated heterocycles. The maximum Gasteiger partial charge on any atom is 0.142 e. The molecule has 0 amide bonds. The summed E-state index contributed by atoms with van der Waals surface area (Å²) in [5, 5.41) is 11.8. The van der Waals surface area contributed by atoms with E-state index in [9.17, 15) is 0 Å². The highest BCUT2D eigenvalue weighted by molar-refractivity contribution is 7.13. The van der Waals surface area contributed by atoms with E-state index in [2.05, 4.69) is 16.0 Å². The van der Waals surface area contributed by atoms with Gasteiger partial charge in [-0.15, -0.1) is 11.3 Å². The third-order valence-electron chi connectivity index (χ3n) is 1.76. The Morgan fingerprint density at radius 2 is 2.33 bits per heavy atom. The molecule has 5 heteroatoms. The summed E-state index contributed by atoms with van der Waals surface area (Å²) in [4.78, 5) is 8.45. The molecular weight excluding hydrogens is 230 g/mol. The van der Waals surface area contributed by atoms with Gasteiger partial charge in [0.2, 0.25) is 0 Å². The van der Waals surface area contributed by atoms with E-state index in [1.54, 1.807) is 12.3 Å². The lowest BCUT2D eigenvalue weighted by molar-refractivity contribution is 1.15. The fourth-order valence-electron chi connectivity index (χ4n) is 1.09. The number of hydrogen-bond donors (Lipinski definition) is 0. The molecule has 0 unspecified atom stereocenters. The average molecular weight is 236 g/mol. The molecule has 2 aromatic rings. The Hall–Kier alpha value is -1.44. The molecular formula is C10H6ClN3S. The smallest absolute Gasteiger partial charge is 0.142 e. The zero-order chi connectivity index (χ0) is 10.7. The van der Waals surface area contributed by atoms with E-state index in [4.69, 9.17) is 16.9 Å². The first-order valence-corrected chi connectivity index (χ1v) is 5.48. The third kappa shape index (κ3) is 2.32. The number of halogens is 1. The summed E-state index contributed by atoms with van der Waals surface area (Å²) in [5.41, 5.74) is 1.57. The molecule has 2 aromatic heterocycles. The van der Waals surface area contributed by atoms with Gasteiger partial charge in [-0.2, -0.15) is 5.26 Å². The Labute approximate surface area is 96.0 Å². The summed E-state index contributed by atoms with van der Waals surface area (Å²) < 4.78 is 0. The van der Waals surface area contributed by atoms with E-state index in [1.165, 1.54) is 11.3 Å². The van der Waals surface area contributed by atoms with Crippen molar-refractivity contribution in [3.05, 3.63) is 34.4 Å². The van der Waals surface area contributed by atoms with Crippen LogP contribution in [-0.4, -0.2) is 9.97 Å². The van der Waals surface area contributed by atoms with Crippen molar-refractivity contribution in [1.82, 2.24) is 9.97 Å². The van der Waals surface area contributed by atoms with Crippen molar-refractivity contribution in [2.45, 2.75) is 6.42 Å². The van der Waals surface area contributed by atoms with Crippen LogP contribution < -0.4 is 0 Å². The minimum absolute atomic E-state index is 0.337. The van der Waals surface area contributed by atoms with E-state index < -0.39 is 0 Å².